The summed E-state index contributed by atoms with van der Waals surface area (Å²) in [6, 6.07) is 9.12. The Morgan fingerprint density at radius 2 is 1.88 bits per heavy atom. The van der Waals surface area contributed by atoms with Gasteiger partial charge in [0.05, 0.1) is 5.56 Å². The van der Waals surface area contributed by atoms with Crippen molar-refractivity contribution in [2.45, 2.75) is 20.8 Å². The van der Waals surface area contributed by atoms with Gasteiger partial charge in [0, 0.05) is 10.8 Å². The van der Waals surface area contributed by atoms with Crippen molar-refractivity contribution in [2.24, 2.45) is 5.41 Å². The zero-order valence-electron chi connectivity index (χ0n) is 10.2. The molecule has 1 heterocycles. The van der Waals surface area contributed by atoms with Crippen LogP contribution in [0.5, 0.6) is 0 Å². The number of hydrogen-bond donors (Lipinski definition) is 1. The van der Waals surface area contributed by atoms with E-state index >= 15 is 0 Å². The van der Waals surface area contributed by atoms with Gasteiger partial charge in [-0.05, 0) is 12.1 Å². The normalized spacial score (nSPS) is 11.7. The summed E-state index contributed by atoms with van der Waals surface area (Å²) in [7, 11) is 0. The second kappa shape index (κ2) is 3.84. The molecular formula is C14H15NO2. The van der Waals surface area contributed by atoms with Gasteiger partial charge in [0.25, 0.3) is 0 Å². The van der Waals surface area contributed by atoms with Crippen molar-refractivity contribution < 1.29 is 9.21 Å². The maximum atomic E-state index is 12.2. The van der Waals surface area contributed by atoms with Crippen LogP contribution in [0.25, 0.3) is 11.0 Å². The van der Waals surface area contributed by atoms with Gasteiger partial charge in [0.2, 0.25) is 5.55 Å². The first kappa shape index (κ1) is 11.6. The molecule has 0 saturated heterocycles. The van der Waals surface area contributed by atoms with Crippen LogP contribution in [0, 0.1) is 10.8 Å². The molecule has 0 unspecified atom stereocenters. The van der Waals surface area contributed by atoms with Gasteiger partial charge in [0.1, 0.15) is 5.58 Å². The predicted octanol–water partition coefficient (Wildman–Crippen LogP) is 3.14. The number of carbonyl (C=O) groups excluding carboxylic acids is 1. The van der Waals surface area contributed by atoms with Crippen molar-refractivity contribution >= 4 is 16.8 Å². The highest BCUT2D eigenvalue weighted by atomic mass is 16.3. The number of fused-ring (bicyclic) bond motifs is 1. The number of nitrogens with one attached hydrogen (secondary N) is 1. The minimum Gasteiger partial charge on any atom is -0.438 e. The standard InChI is InChI=1S/C14H15NO2/c1-14(2,3)12(16)10-8-9-6-4-5-7-11(9)17-13(10)15/h4-8,15H,1-3H3. The lowest BCUT2D eigenvalue weighted by molar-refractivity contribution is 0.0853. The molecule has 3 heteroatoms. The largest absolute Gasteiger partial charge is 0.438 e. The van der Waals surface area contributed by atoms with Gasteiger partial charge in [-0.1, -0.05) is 39.0 Å². The topological polar surface area (TPSA) is 54.1 Å². The molecule has 0 atom stereocenters. The average Bonchev–Trinajstić information content (AvgIpc) is 2.26. The Hall–Kier alpha value is -1.90. The van der Waals surface area contributed by atoms with Gasteiger partial charge in [-0.2, -0.15) is 0 Å². The SMILES string of the molecule is CC(C)(C)C(=O)c1cc2ccccc2oc1=N. The number of hydrogen-bond acceptors (Lipinski definition) is 3. The average molecular weight is 229 g/mol. The van der Waals surface area contributed by atoms with Gasteiger partial charge < -0.3 is 4.42 Å². The van der Waals surface area contributed by atoms with Crippen molar-refractivity contribution in [1.29, 1.82) is 5.41 Å². The van der Waals surface area contributed by atoms with Crippen LogP contribution in [0.15, 0.2) is 34.7 Å². The van der Waals surface area contributed by atoms with Crippen LogP contribution in [0.4, 0.5) is 0 Å². The maximum absolute atomic E-state index is 12.2. The summed E-state index contributed by atoms with van der Waals surface area (Å²) in [5.41, 5.74) is 0.399. The van der Waals surface area contributed by atoms with E-state index in [-0.39, 0.29) is 11.3 Å². The molecule has 1 aromatic carbocycles. The minimum absolute atomic E-state index is 0.0661. The molecule has 88 valence electrons. The van der Waals surface area contributed by atoms with Gasteiger partial charge in [-0.25, -0.2) is 0 Å². The second-order valence-electron chi connectivity index (χ2n) is 5.11. The third-order valence-corrected chi connectivity index (χ3v) is 2.60. The molecule has 1 N–H and O–H groups in total. The van der Waals surface area contributed by atoms with Gasteiger partial charge in [-0.3, -0.25) is 10.2 Å². The first-order valence-electron chi connectivity index (χ1n) is 5.52. The molecule has 17 heavy (non-hydrogen) atoms. The Morgan fingerprint density at radius 3 is 2.53 bits per heavy atom. The van der Waals surface area contributed by atoms with Crippen molar-refractivity contribution in [3.05, 3.63) is 41.4 Å². The lowest BCUT2D eigenvalue weighted by Gasteiger charge is -2.16. The van der Waals surface area contributed by atoms with E-state index < -0.39 is 5.41 Å². The smallest absolute Gasteiger partial charge is 0.222 e. The fraction of sp³-hybridized carbons (Fsp3) is 0.286. The van der Waals surface area contributed by atoms with Gasteiger partial charge >= 0.3 is 0 Å². The van der Waals surface area contributed by atoms with Crippen molar-refractivity contribution in [2.75, 3.05) is 0 Å². The Kier molecular flexibility index (Phi) is 2.62. The van der Waals surface area contributed by atoms with E-state index in [2.05, 4.69) is 0 Å². The van der Waals surface area contributed by atoms with E-state index in [0.29, 0.717) is 11.1 Å². The molecule has 2 rings (SSSR count). The molecule has 0 saturated carbocycles. The number of para-hydroxylation sites is 1. The van der Waals surface area contributed by atoms with Gasteiger partial charge in [-0.15, -0.1) is 0 Å². The highest BCUT2D eigenvalue weighted by molar-refractivity contribution is 6.01. The number of benzene rings is 1. The van der Waals surface area contributed by atoms with Crippen LogP contribution >= 0.6 is 0 Å². The molecule has 0 radical (unpaired) electrons. The summed E-state index contributed by atoms with van der Waals surface area (Å²) in [6.07, 6.45) is 0. The molecule has 2 aromatic rings. The Bertz CT molecular complexity index is 632. The van der Waals surface area contributed by atoms with Crippen LogP contribution in [-0.2, 0) is 0 Å². The van der Waals surface area contributed by atoms with E-state index in [4.69, 9.17) is 9.83 Å². The van der Waals surface area contributed by atoms with Crippen molar-refractivity contribution in [3.8, 4) is 0 Å². The molecule has 0 aliphatic carbocycles. The zero-order chi connectivity index (χ0) is 12.6. The summed E-state index contributed by atoms with van der Waals surface area (Å²) in [6.45, 7) is 5.51. The maximum Gasteiger partial charge on any atom is 0.222 e. The molecule has 3 nitrogen and oxygen atoms in total. The van der Waals surface area contributed by atoms with E-state index in [0.717, 1.165) is 5.39 Å². The number of rotatable bonds is 1. The highest BCUT2D eigenvalue weighted by Crippen LogP contribution is 2.21. The molecule has 0 spiro atoms. The molecule has 1 aromatic heterocycles. The summed E-state index contributed by atoms with van der Waals surface area (Å²) in [4.78, 5) is 12.2. The second-order valence-corrected chi connectivity index (χ2v) is 5.11. The molecule has 0 bridgehead atoms. The molecular weight excluding hydrogens is 214 g/mol. The summed E-state index contributed by atoms with van der Waals surface area (Å²) < 4.78 is 5.35. The Morgan fingerprint density at radius 1 is 1.24 bits per heavy atom. The van der Waals surface area contributed by atoms with Gasteiger partial charge in [0.15, 0.2) is 5.78 Å². The molecule has 0 aliphatic heterocycles. The van der Waals surface area contributed by atoms with Crippen LogP contribution in [0.3, 0.4) is 0 Å². The number of carbonyl (C=O) groups is 1. The van der Waals surface area contributed by atoms with E-state index in [1.807, 2.05) is 39.0 Å². The highest BCUT2D eigenvalue weighted by Gasteiger charge is 2.25. The third kappa shape index (κ3) is 2.13. The van der Waals surface area contributed by atoms with Crippen molar-refractivity contribution in [3.63, 3.8) is 0 Å². The number of Topliss-reactive ketones (excluding diaryl/α,β-unsaturated/α-hetero) is 1. The molecule has 0 fully saturated rings. The monoisotopic (exact) mass is 229 g/mol. The first-order valence-corrected chi connectivity index (χ1v) is 5.52. The van der Waals surface area contributed by atoms with E-state index in [9.17, 15) is 4.79 Å². The van der Waals surface area contributed by atoms with Crippen LogP contribution < -0.4 is 5.55 Å². The van der Waals surface area contributed by atoms with Crippen LogP contribution in [-0.4, -0.2) is 5.78 Å². The zero-order valence-corrected chi connectivity index (χ0v) is 10.2. The minimum atomic E-state index is -0.506. The van der Waals surface area contributed by atoms with Crippen molar-refractivity contribution in [1.82, 2.24) is 0 Å². The summed E-state index contributed by atoms with van der Waals surface area (Å²) >= 11 is 0. The van der Waals surface area contributed by atoms with E-state index in [1.165, 1.54) is 0 Å². The fourth-order valence-corrected chi connectivity index (χ4v) is 1.65. The van der Waals surface area contributed by atoms with Crippen LogP contribution in [0.2, 0.25) is 0 Å². The molecule has 0 amide bonds. The van der Waals surface area contributed by atoms with Crippen LogP contribution in [0.1, 0.15) is 31.1 Å². The Labute approximate surface area is 99.6 Å². The van der Waals surface area contributed by atoms with E-state index in [1.54, 1.807) is 12.1 Å². The first-order chi connectivity index (χ1) is 7.89. The quantitative estimate of drug-likeness (QED) is 0.764. The lowest BCUT2D eigenvalue weighted by Crippen LogP contribution is -2.26. The summed E-state index contributed by atoms with van der Waals surface area (Å²) in [5.74, 6) is -0.0722. The lowest BCUT2D eigenvalue weighted by atomic mass is 9.87. The predicted molar refractivity (Wildman–Crippen MR) is 65.9 cm³/mol. The third-order valence-electron chi connectivity index (χ3n) is 2.60. The summed E-state index contributed by atoms with van der Waals surface area (Å²) in [5, 5.41) is 8.62. The molecule has 0 aliphatic rings. The fourth-order valence-electron chi connectivity index (χ4n) is 1.65. The Balaban J connectivity index is 2.67. The number of ketones is 1.